The minimum atomic E-state index is -3.55. The summed E-state index contributed by atoms with van der Waals surface area (Å²) in [5.41, 5.74) is 1.28. The second-order valence-electron chi connectivity index (χ2n) is 6.91. The van der Waals surface area contributed by atoms with E-state index >= 15 is 0 Å². The van der Waals surface area contributed by atoms with E-state index in [2.05, 4.69) is 15.0 Å². The van der Waals surface area contributed by atoms with Crippen molar-refractivity contribution in [3.05, 3.63) is 47.3 Å². The van der Waals surface area contributed by atoms with Gasteiger partial charge in [-0.3, -0.25) is 14.0 Å². The summed E-state index contributed by atoms with van der Waals surface area (Å²) in [4.78, 5) is 19.0. The zero-order valence-electron chi connectivity index (χ0n) is 16.0. The molecule has 2 aromatic heterocycles. The van der Waals surface area contributed by atoms with Crippen LogP contribution in [0.15, 0.2) is 46.6 Å². The summed E-state index contributed by atoms with van der Waals surface area (Å²) >= 11 is 0. The third kappa shape index (κ3) is 3.63. The zero-order chi connectivity index (χ0) is 20.6. The van der Waals surface area contributed by atoms with Gasteiger partial charge in [-0.25, -0.2) is 13.4 Å². The third-order valence-electron chi connectivity index (χ3n) is 5.07. The van der Waals surface area contributed by atoms with Crippen molar-refractivity contribution in [1.29, 1.82) is 0 Å². The average molecular weight is 418 g/mol. The number of benzene rings is 1. The van der Waals surface area contributed by atoms with Gasteiger partial charge in [-0.1, -0.05) is 0 Å². The third-order valence-corrected chi connectivity index (χ3v) is 6.92. The minimum absolute atomic E-state index is 0.128. The zero-order valence-corrected chi connectivity index (χ0v) is 16.8. The molecule has 0 spiro atoms. The first-order valence-electron chi connectivity index (χ1n) is 9.24. The molecule has 3 heterocycles. The molecular weight excluding hydrogens is 396 g/mol. The van der Waals surface area contributed by atoms with Gasteiger partial charge in [-0.2, -0.15) is 9.40 Å². The van der Waals surface area contributed by atoms with E-state index in [4.69, 9.17) is 5.11 Å². The normalized spacial score (nSPS) is 15.9. The number of sulfonamides is 1. The van der Waals surface area contributed by atoms with E-state index in [1.54, 1.807) is 13.1 Å². The monoisotopic (exact) mass is 418 g/mol. The van der Waals surface area contributed by atoms with E-state index < -0.39 is 10.0 Å². The molecule has 1 aromatic carbocycles. The number of fused-ring (bicyclic) bond motifs is 1. The van der Waals surface area contributed by atoms with Gasteiger partial charge in [0.1, 0.15) is 4.90 Å². The standard InChI is InChI=1S/C18H22N6O4S/c1-21-12-15(11-20-21)29(27,28)24-6-4-22(5-7-24)14-2-3-16-17(10-14)19-13-23(8-9-25)18(16)26/h2-3,10-13,25H,4-9H2,1H3. The van der Waals surface area contributed by atoms with Gasteiger partial charge < -0.3 is 10.0 Å². The molecule has 154 valence electrons. The lowest BCUT2D eigenvalue weighted by atomic mass is 10.2. The molecular formula is C18H22N6O4S. The van der Waals surface area contributed by atoms with Crippen molar-refractivity contribution in [2.75, 3.05) is 37.7 Å². The number of nitrogens with zero attached hydrogens (tertiary/aromatic N) is 6. The molecule has 0 bridgehead atoms. The molecule has 29 heavy (non-hydrogen) atoms. The van der Waals surface area contributed by atoms with E-state index in [0.717, 1.165) is 5.69 Å². The van der Waals surface area contributed by atoms with Crippen LogP contribution in [0.1, 0.15) is 0 Å². The molecule has 0 unspecified atom stereocenters. The van der Waals surface area contributed by atoms with Gasteiger partial charge in [0.2, 0.25) is 10.0 Å². The Kier molecular flexibility index (Phi) is 5.11. The Labute approximate surface area is 167 Å². The average Bonchev–Trinajstić information content (AvgIpc) is 3.17. The second kappa shape index (κ2) is 7.58. The summed E-state index contributed by atoms with van der Waals surface area (Å²) < 4.78 is 29.8. The highest BCUT2D eigenvalue weighted by molar-refractivity contribution is 7.89. The highest BCUT2D eigenvalue weighted by atomic mass is 32.2. The van der Waals surface area contributed by atoms with Crippen molar-refractivity contribution in [1.82, 2.24) is 23.6 Å². The number of aryl methyl sites for hydroxylation is 1. The quantitative estimate of drug-likeness (QED) is 0.602. The first-order chi connectivity index (χ1) is 13.9. The van der Waals surface area contributed by atoms with E-state index in [-0.39, 0.29) is 23.6 Å². The summed E-state index contributed by atoms with van der Waals surface area (Å²) in [6.45, 7) is 1.87. The van der Waals surface area contributed by atoms with E-state index in [9.17, 15) is 13.2 Å². The van der Waals surface area contributed by atoms with E-state index in [1.807, 2.05) is 12.1 Å². The topological polar surface area (TPSA) is 114 Å². The van der Waals surface area contributed by atoms with Gasteiger partial charge >= 0.3 is 0 Å². The number of hydrogen-bond donors (Lipinski definition) is 1. The molecule has 1 saturated heterocycles. The largest absolute Gasteiger partial charge is 0.395 e. The Morgan fingerprint density at radius 2 is 1.93 bits per heavy atom. The molecule has 0 radical (unpaired) electrons. The molecule has 10 nitrogen and oxygen atoms in total. The number of aromatic nitrogens is 4. The Hall–Kier alpha value is -2.76. The number of piperazine rings is 1. The van der Waals surface area contributed by atoms with Crippen LogP contribution >= 0.6 is 0 Å². The lowest BCUT2D eigenvalue weighted by Crippen LogP contribution is -2.48. The van der Waals surface area contributed by atoms with Crippen LogP contribution in [-0.4, -0.2) is 69.9 Å². The molecule has 0 aliphatic carbocycles. The number of anilines is 1. The Balaban J connectivity index is 1.52. The van der Waals surface area contributed by atoms with Crippen molar-refractivity contribution >= 4 is 26.6 Å². The van der Waals surface area contributed by atoms with Crippen LogP contribution in [-0.2, 0) is 23.6 Å². The first-order valence-corrected chi connectivity index (χ1v) is 10.7. The summed E-state index contributed by atoms with van der Waals surface area (Å²) in [6, 6.07) is 5.41. The van der Waals surface area contributed by atoms with Crippen LogP contribution in [0.3, 0.4) is 0 Å². The number of hydrogen-bond acceptors (Lipinski definition) is 7. The molecule has 3 aromatic rings. The second-order valence-corrected chi connectivity index (χ2v) is 8.85. The fourth-order valence-electron chi connectivity index (χ4n) is 3.48. The van der Waals surface area contributed by atoms with Crippen molar-refractivity contribution in [3.8, 4) is 0 Å². The maximum Gasteiger partial charge on any atom is 0.261 e. The number of rotatable bonds is 5. The van der Waals surface area contributed by atoms with Crippen LogP contribution in [0, 0.1) is 0 Å². The Bertz CT molecular complexity index is 1190. The van der Waals surface area contributed by atoms with Crippen molar-refractivity contribution < 1.29 is 13.5 Å². The van der Waals surface area contributed by atoms with Gasteiger partial charge in [-0.05, 0) is 18.2 Å². The summed E-state index contributed by atoms with van der Waals surface area (Å²) in [7, 11) is -1.87. The van der Waals surface area contributed by atoms with Gasteiger partial charge in [0.15, 0.2) is 0 Å². The van der Waals surface area contributed by atoms with Gasteiger partial charge in [-0.15, -0.1) is 0 Å². The van der Waals surface area contributed by atoms with E-state index in [1.165, 1.54) is 32.3 Å². The number of aliphatic hydroxyl groups excluding tert-OH is 1. The van der Waals surface area contributed by atoms with Gasteiger partial charge in [0.05, 0.1) is 36.6 Å². The predicted molar refractivity (Wildman–Crippen MR) is 107 cm³/mol. The molecule has 4 rings (SSSR count). The SMILES string of the molecule is Cn1cc(S(=O)(=O)N2CCN(c3ccc4c(=O)n(CCO)cnc4c3)CC2)cn1. The fraction of sp³-hybridized carbons (Fsp3) is 0.389. The lowest BCUT2D eigenvalue weighted by Gasteiger charge is -2.35. The molecule has 1 aliphatic heterocycles. The van der Waals surface area contributed by atoms with Gasteiger partial charge in [0, 0.05) is 45.1 Å². The van der Waals surface area contributed by atoms with Crippen LogP contribution < -0.4 is 10.5 Å². The highest BCUT2D eigenvalue weighted by Crippen LogP contribution is 2.23. The fourth-order valence-corrected chi connectivity index (χ4v) is 4.89. The highest BCUT2D eigenvalue weighted by Gasteiger charge is 2.29. The van der Waals surface area contributed by atoms with Crippen molar-refractivity contribution in [2.24, 2.45) is 7.05 Å². The van der Waals surface area contributed by atoms with Crippen LogP contribution in [0.2, 0.25) is 0 Å². The first kappa shape index (κ1) is 19.6. The molecule has 1 N–H and O–H groups in total. The van der Waals surface area contributed by atoms with Crippen LogP contribution in [0.4, 0.5) is 5.69 Å². The van der Waals surface area contributed by atoms with Crippen molar-refractivity contribution in [2.45, 2.75) is 11.4 Å². The molecule has 0 atom stereocenters. The smallest absolute Gasteiger partial charge is 0.261 e. The van der Waals surface area contributed by atoms with Crippen molar-refractivity contribution in [3.63, 3.8) is 0 Å². The van der Waals surface area contributed by atoms with E-state index in [0.29, 0.717) is 37.1 Å². The summed E-state index contributed by atoms with van der Waals surface area (Å²) in [5.74, 6) is 0. The summed E-state index contributed by atoms with van der Waals surface area (Å²) in [6.07, 6.45) is 4.30. The predicted octanol–water partition coefficient (Wildman–Crippen LogP) is -0.367. The maximum absolute atomic E-state index is 12.7. The van der Waals surface area contributed by atoms with Crippen LogP contribution in [0.5, 0.6) is 0 Å². The minimum Gasteiger partial charge on any atom is -0.395 e. The lowest BCUT2D eigenvalue weighted by molar-refractivity contribution is 0.274. The Morgan fingerprint density at radius 3 is 2.59 bits per heavy atom. The molecule has 1 fully saturated rings. The molecule has 0 amide bonds. The number of aliphatic hydroxyl groups is 1. The van der Waals surface area contributed by atoms with Gasteiger partial charge in [0.25, 0.3) is 5.56 Å². The molecule has 0 saturated carbocycles. The molecule has 11 heteroatoms. The maximum atomic E-state index is 12.7. The molecule has 1 aliphatic rings. The van der Waals surface area contributed by atoms with Crippen LogP contribution in [0.25, 0.3) is 10.9 Å². The summed E-state index contributed by atoms with van der Waals surface area (Å²) in [5, 5.41) is 13.5. The Morgan fingerprint density at radius 1 is 1.17 bits per heavy atom.